The predicted octanol–water partition coefficient (Wildman–Crippen LogP) is 2.60. The Bertz CT molecular complexity index is 1200. The molecule has 0 aromatic rings. The number of nitrogens with one attached hydrogen (secondary N) is 1. The van der Waals surface area contributed by atoms with Crippen LogP contribution in [0.2, 0.25) is 0 Å². The Kier molecular flexibility index (Phi) is 12.9. The number of primary amides is 1. The summed E-state index contributed by atoms with van der Waals surface area (Å²) in [5.41, 5.74) is 5.67. The number of nitrogens with two attached hydrogens (primary N) is 1. The minimum atomic E-state index is -1.06. The lowest BCUT2D eigenvalue weighted by Gasteiger charge is -2.34. The minimum Gasteiger partial charge on any atom is -0.505 e. The van der Waals surface area contributed by atoms with Crippen LogP contribution < -0.4 is 11.1 Å². The fraction of sp³-hybridized carbons (Fsp3) is 0.533. The molecule has 4 N–H and O–H groups in total. The van der Waals surface area contributed by atoms with Crippen LogP contribution in [0, 0.1) is 11.8 Å². The van der Waals surface area contributed by atoms with Crippen LogP contribution in [0.5, 0.6) is 0 Å². The zero-order valence-corrected chi connectivity index (χ0v) is 25.3. The Morgan fingerprint density at radius 2 is 1.67 bits per heavy atom. The van der Waals surface area contributed by atoms with E-state index in [0.29, 0.717) is 12.0 Å². The van der Waals surface area contributed by atoms with Crippen LogP contribution in [0.4, 0.5) is 4.79 Å². The van der Waals surface area contributed by atoms with Gasteiger partial charge in [0.2, 0.25) is 5.78 Å². The number of allylic oxidation sites excluding steroid dienone is 4. The number of carbonyl (C=O) groups excluding carboxylic acids is 4. The largest absolute Gasteiger partial charge is 0.505 e. The Hall–Kier alpha value is -3.58. The van der Waals surface area contributed by atoms with Gasteiger partial charge in [-0.05, 0) is 37.8 Å². The normalized spacial score (nSPS) is 33.6. The Morgan fingerprint density at radius 3 is 2.21 bits per heavy atom. The molecule has 2 amide bonds. The van der Waals surface area contributed by atoms with Gasteiger partial charge in [0.15, 0.2) is 6.10 Å². The SMILES string of the molecule is CO[C@H]1[C@@H](OC)C[C@H](C)[C@@H](OC)C2=CC(=O)C(=O)C(=C2O)NC(=O)/C(C)=C\C=C/[C@H](OC)[C@@H](OC(N)=O)/C(C)=C\[C@@H]1C. The van der Waals surface area contributed by atoms with Crippen molar-refractivity contribution in [2.75, 3.05) is 28.4 Å². The number of hydrogen-bond acceptors (Lipinski definition) is 10. The average molecular weight is 591 g/mol. The van der Waals surface area contributed by atoms with Crippen LogP contribution in [-0.2, 0) is 38.1 Å². The summed E-state index contributed by atoms with van der Waals surface area (Å²) in [6, 6.07) is 0. The van der Waals surface area contributed by atoms with Crippen molar-refractivity contribution in [1.29, 1.82) is 0 Å². The highest BCUT2D eigenvalue weighted by Crippen LogP contribution is 2.32. The molecule has 2 rings (SSSR count). The van der Waals surface area contributed by atoms with Gasteiger partial charge in [-0.2, -0.15) is 0 Å². The number of hydrogen-bond donors (Lipinski definition) is 3. The lowest BCUT2D eigenvalue weighted by Crippen LogP contribution is -2.40. The van der Waals surface area contributed by atoms with Gasteiger partial charge in [-0.3, -0.25) is 14.4 Å². The molecule has 232 valence electrons. The highest BCUT2D eigenvalue weighted by molar-refractivity contribution is 6.48. The molecule has 42 heavy (non-hydrogen) atoms. The van der Waals surface area contributed by atoms with E-state index in [1.165, 1.54) is 40.4 Å². The van der Waals surface area contributed by atoms with Gasteiger partial charge < -0.3 is 39.8 Å². The number of amides is 2. The predicted molar refractivity (Wildman–Crippen MR) is 153 cm³/mol. The Morgan fingerprint density at radius 1 is 1.00 bits per heavy atom. The zero-order valence-electron chi connectivity index (χ0n) is 25.3. The number of Topliss-reactive ketones (excluding diaryl/α,β-unsaturated/α-hetero) is 1. The number of rotatable bonds is 5. The fourth-order valence-electron chi connectivity index (χ4n) is 5.26. The van der Waals surface area contributed by atoms with Crippen molar-refractivity contribution in [2.24, 2.45) is 17.6 Å². The van der Waals surface area contributed by atoms with Crippen LogP contribution in [0.15, 0.2) is 58.6 Å². The summed E-state index contributed by atoms with van der Waals surface area (Å²) >= 11 is 0. The van der Waals surface area contributed by atoms with Gasteiger partial charge >= 0.3 is 6.09 Å². The number of ketones is 2. The van der Waals surface area contributed by atoms with Crippen LogP contribution in [-0.4, -0.2) is 87.6 Å². The zero-order chi connectivity index (χ0) is 31.7. The molecule has 12 heteroatoms. The summed E-state index contributed by atoms with van der Waals surface area (Å²) < 4.78 is 28.3. The van der Waals surface area contributed by atoms with Gasteiger partial charge in [0.25, 0.3) is 11.7 Å². The molecule has 7 atom stereocenters. The van der Waals surface area contributed by atoms with E-state index in [0.717, 1.165) is 6.08 Å². The molecule has 0 aromatic heterocycles. The Balaban J connectivity index is 2.72. The third-order valence-corrected chi connectivity index (χ3v) is 7.42. The Labute approximate surface area is 246 Å². The van der Waals surface area contributed by atoms with Gasteiger partial charge in [-0.15, -0.1) is 0 Å². The molecule has 0 fully saturated rings. The van der Waals surface area contributed by atoms with E-state index in [4.69, 9.17) is 29.4 Å². The molecule has 1 aliphatic carbocycles. The van der Waals surface area contributed by atoms with Crippen molar-refractivity contribution < 1.29 is 48.0 Å². The summed E-state index contributed by atoms with van der Waals surface area (Å²) in [6.45, 7) is 7.01. The molecule has 0 saturated heterocycles. The number of fused-ring (bicyclic) bond motifs is 1. The number of aliphatic hydroxyl groups is 1. The quantitative estimate of drug-likeness (QED) is 0.245. The van der Waals surface area contributed by atoms with E-state index >= 15 is 0 Å². The molecule has 0 unspecified atom stereocenters. The van der Waals surface area contributed by atoms with Gasteiger partial charge in [-0.25, -0.2) is 4.79 Å². The van der Waals surface area contributed by atoms with Gasteiger partial charge in [0.1, 0.15) is 17.6 Å². The fourth-order valence-corrected chi connectivity index (χ4v) is 5.26. The van der Waals surface area contributed by atoms with Crippen molar-refractivity contribution in [3.8, 4) is 0 Å². The number of ether oxygens (including phenoxy) is 5. The van der Waals surface area contributed by atoms with E-state index < -0.39 is 65.5 Å². The minimum absolute atomic E-state index is 0.0614. The second-order valence-electron chi connectivity index (χ2n) is 10.4. The molecular weight excluding hydrogens is 548 g/mol. The maximum Gasteiger partial charge on any atom is 0.405 e. The molecule has 0 spiro atoms. The monoisotopic (exact) mass is 590 g/mol. The average Bonchev–Trinajstić information content (AvgIpc) is 2.94. The maximum absolute atomic E-state index is 12.9. The first-order valence-electron chi connectivity index (χ1n) is 13.5. The number of carbonyl (C=O) groups is 4. The summed E-state index contributed by atoms with van der Waals surface area (Å²) in [6.07, 6.45) is 3.30. The second-order valence-corrected chi connectivity index (χ2v) is 10.4. The highest BCUT2D eigenvalue weighted by Gasteiger charge is 2.38. The molecule has 0 radical (unpaired) electrons. The van der Waals surface area contributed by atoms with E-state index in [2.05, 4.69) is 5.32 Å². The maximum atomic E-state index is 12.9. The standard InChI is InChI=1S/C30H42N2O10/c1-15-10-9-11-21(38-5)28(42-30(31)37)17(3)12-16(2)27(41-8)22(39-6)13-18(4)26(40-7)19-14-20(33)25(35)23(24(19)34)32-29(15)36/h9-12,14,16,18,21-22,26-28,34H,13H2,1-8H3,(H2,31,37)(H,32,36)/b11-9-,15-10-,17-12-/t16-,18-,21-,22-,26+,27+,28-/m0/s1. The van der Waals surface area contributed by atoms with Crippen molar-refractivity contribution >= 4 is 23.6 Å². The lowest BCUT2D eigenvalue weighted by molar-refractivity contribution is -0.132. The molecule has 1 heterocycles. The molecule has 1 aliphatic heterocycles. The van der Waals surface area contributed by atoms with Crippen LogP contribution in [0.3, 0.4) is 0 Å². The third kappa shape index (κ3) is 8.25. The molecule has 2 bridgehead atoms. The van der Waals surface area contributed by atoms with E-state index in [9.17, 15) is 24.3 Å². The molecular formula is C30H42N2O10. The lowest BCUT2D eigenvalue weighted by atomic mass is 9.84. The molecule has 0 saturated carbocycles. The first kappa shape index (κ1) is 34.6. The third-order valence-electron chi connectivity index (χ3n) is 7.42. The van der Waals surface area contributed by atoms with Crippen LogP contribution >= 0.6 is 0 Å². The van der Waals surface area contributed by atoms with Crippen LogP contribution in [0.25, 0.3) is 0 Å². The van der Waals surface area contributed by atoms with Gasteiger partial charge in [0.05, 0.1) is 18.3 Å². The van der Waals surface area contributed by atoms with E-state index in [1.54, 1.807) is 20.1 Å². The topological polar surface area (TPSA) is 173 Å². The van der Waals surface area contributed by atoms with E-state index in [-0.39, 0.29) is 23.0 Å². The summed E-state index contributed by atoms with van der Waals surface area (Å²) in [4.78, 5) is 50.0. The van der Waals surface area contributed by atoms with Crippen molar-refractivity contribution in [1.82, 2.24) is 5.32 Å². The number of aliphatic hydroxyl groups excluding tert-OH is 1. The van der Waals surface area contributed by atoms with Gasteiger partial charge in [-0.1, -0.05) is 38.2 Å². The van der Waals surface area contributed by atoms with Gasteiger partial charge in [0, 0.05) is 45.5 Å². The van der Waals surface area contributed by atoms with Crippen molar-refractivity contribution in [2.45, 2.75) is 64.6 Å². The molecule has 2 aliphatic rings. The first-order valence-corrected chi connectivity index (χ1v) is 13.5. The summed E-state index contributed by atoms with van der Waals surface area (Å²) in [5.74, 6) is -3.87. The second kappa shape index (κ2) is 15.6. The smallest absolute Gasteiger partial charge is 0.405 e. The van der Waals surface area contributed by atoms with Crippen LogP contribution in [0.1, 0.15) is 34.1 Å². The number of methoxy groups -OCH3 is 4. The van der Waals surface area contributed by atoms with Crippen molar-refractivity contribution in [3.63, 3.8) is 0 Å². The summed E-state index contributed by atoms with van der Waals surface area (Å²) in [7, 11) is 5.94. The summed E-state index contributed by atoms with van der Waals surface area (Å²) in [5, 5.41) is 13.4. The molecule has 0 aromatic carbocycles. The van der Waals surface area contributed by atoms with E-state index in [1.807, 2.05) is 19.9 Å². The molecule has 12 nitrogen and oxygen atoms in total. The van der Waals surface area contributed by atoms with Crippen molar-refractivity contribution in [3.05, 3.63) is 58.6 Å². The highest BCUT2D eigenvalue weighted by atomic mass is 16.6. The first-order chi connectivity index (χ1) is 19.8.